The number of benzene rings is 4. The summed E-state index contributed by atoms with van der Waals surface area (Å²) in [6.07, 6.45) is 4.64. The van der Waals surface area contributed by atoms with Gasteiger partial charge < -0.3 is 14.4 Å². The molecule has 0 radical (unpaired) electrons. The number of aromatic nitrogens is 1. The quantitative estimate of drug-likeness (QED) is 0.0353. The van der Waals surface area contributed by atoms with Crippen LogP contribution in [0.1, 0.15) is 61.4 Å². The third-order valence-electron chi connectivity index (χ3n) is 7.72. The van der Waals surface area contributed by atoms with Crippen LogP contribution in [0.5, 0.6) is 5.75 Å². The SMILES string of the molecule is Cc1ccc(/C=C/c2ccc3c(C(=O)Oc4c(C)cc(C(=O)O)cc4C)c4ccccc4[n+](CCCCS(=O)(=O)[O-])c3c2)cc1. The van der Waals surface area contributed by atoms with Crippen molar-refractivity contribution in [3.8, 4) is 5.75 Å². The summed E-state index contributed by atoms with van der Waals surface area (Å²) in [4.78, 5) is 25.5. The number of aromatic carboxylic acids is 1. The van der Waals surface area contributed by atoms with Gasteiger partial charge >= 0.3 is 11.9 Å². The monoisotopic (exact) mass is 623 g/mol. The molecule has 0 spiro atoms. The molecule has 0 amide bonds. The number of nitrogens with zero attached hydrogens (tertiary/aromatic N) is 1. The number of fused-ring (bicyclic) bond motifs is 2. The Bertz CT molecular complexity index is 2060. The maximum atomic E-state index is 14.0. The molecule has 0 bridgehead atoms. The van der Waals surface area contributed by atoms with Crippen LogP contribution < -0.4 is 9.30 Å². The van der Waals surface area contributed by atoms with Crippen LogP contribution in [0.3, 0.4) is 0 Å². The van der Waals surface area contributed by atoms with Crippen molar-refractivity contribution >= 4 is 56.0 Å². The van der Waals surface area contributed by atoms with Gasteiger partial charge in [-0.25, -0.2) is 18.0 Å². The van der Waals surface area contributed by atoms with E-state index in [0.29, 0.717) is 46.2 Å². The third-order valence-corrected chi connectivity index (χ3v) is 8.51. The van der Waals surface area contributed by atoms with E-state index in [9.17, 15) is 27.7 Å². The Morgan fingerprint density at radius 3 is 2.11 bits per heavy atom. The summed E-state index contributed by atoms with van der Waals surface area (Å²) in [6, 6.07) is 24.3. The van der Waals surface area contributed by atoms with E-state index in [4.69, 9.17) is 4.74 Å². The van der Waals surface area contributed by atoms with E-state index in [1.165, 1.54) is 12.1 Å². The molecule has 0 aliphatic carbocycles. The molecular formula is C36H33NO7S. The molecule has 5 rings (SSSR count). The molecule has 0 saturated heterocycles. The van der Waals surface area contributed by atoms with Crippen molar-refractivity contribution in [1.29, 1.82) is 0 Å². The van der Waals surface area contributed by atoms with E-state index in [1.54, 1.807) is 13.8 Å². The summed E-state index contributed by atoms with van der Waals surface area (Å²) in [5.41, 5.74) is 6.10. The molecule has 1 heterocycles. The van der Waals surface area contributed by atoms with Crippen molar-refractivity contribution in [2.24, 2.45) is 0 Å². The second kappa shape index (κ2) is 13.0. The topological polar surface area (TPSA) is 125 Å². The molecule has 1 aromatic heterocycles. The normalized spacial score (nSPS) is 11.8. The second-order valence-corrected chi connectivity index (χ2v) is 12.7. The Kier molecular flexibility index (Phi) is 9.13. The Balaban J connectivity index is 1.64. The number of esters is 1. The van der Waals surface area contributed by atoms with Crippen molar-refractivity contribution in [3.05, 3.63) is 118 Å². The maximum Gasteiger partial charge on any atom is 0.345 e. The molecule has 4 aromatic carbocycles. The molecule has 5 aromatic rings. The molecule has 0 saturated carbocycles. The summed E-state index contributed by atoms with van der Waals surface area (Å²) in [5, 5.41) is 10.7. The van der Waals surface area contributed by atoms with Crippen LogP contribution in [0.15, 0.2) is 78.9 Å². The van der Waals surface area contributed by atoms with Gasteiger partial charge in [-0.15, -0.1) is 0 Å². The van der Waals surface area contributed by atoms with E-state index in [1.807, 2.05) is 90.4 Å². The van der Waals surface area contributed by atoms with E-state index in [-0.39, 0.29) is 12.0 Å². The van der Waals surface area contributed by atoms with Gasteiger partial charge in [-0.3, -0.25) is 0 Å². The van der Waals surface area contributed by atoms with Gasteiger partial charge in [0, 0.05) is 24.3 Å². The number of rotatable bonds is 10. The van der Waals surface area contributed by atoms with Crippen molar-refractivity contribution in [2.75, 3.05) is 5.75 Å². The average molecular weight is 624 g/mol. The van der Waals surface area contributed by atoms with Crippen LogP contribution in [-0.4, -0.2) is 35.8 Å². The largest absolute Gasteiger partial charge is 0.748 e. The van der Waals surface area contributed by atoms with Crippen molar-refractivity contribution < 1.29 is 37.0 Å². The van der Waals surface area contributed by atoms with Gasteiger partial charge in [0.1, 0.15) is 12.3 Å². The minimum Gasteiger partial charge on any atom is -0.748 e. The van der Waals surface area contributed by atoms with Crippen molar-refractivity contribution in [1.82, 2.24) is 0 Å². The first-order chi connectivity index (χ1) is 21.4. The van der Waals surface area contributed by atoms with Gasteiger partial charge in [-0.1, -0.05) is 60.2 Å². The highest BCUT2D eigenvalue weighted by molar-refractivity contribution is 7.85. The Morgan fingerprint density at radius 2 is 1.44 bits per heavy atom. The molecule has 0 fully saturated rings. The molecule has 230 valence electrons. The Morgan fingerprint density at radius 1 is 0.822 bits per heavy atom. The highest BCUT2D eigenvalue weighted by Gasteiger charge is 2.26. The molecule has 45 heavy (non-hydrogen) atoms. The Hall–Kier alpha value is -4.86. The van der Waals surface area contributed by atoms with E-state index < -0.39 is 27.8 Å². The molecule has 0 unspecified atom stereocenters. The van der Waals surface area contributed by atoms with Gasteiger partial charge in [-0.2, -0.15) is 4.57 Å². The lowest BCUT2D eigenvalue weighted by atomic mass is 9.99. The van der Waals surface area contributed by atoms with Crippen molar-refractivity contribution in [2.45, 2.75) is 40.2 Å². The zero-order valence-corrected chi connectivity index (χ0v) is 26.1. The summed E-state index contributed by atoms with van der Waals surface area (Å²) in [6.45, 7) is 5.85. The number of ether oxygens (including phenoxy) is 1. The van der Waals surface area contributed by atoms with Gasteiger partial charge in [0.05, 0.1) is 32.0 Å². The molecule has 1 N–H and O–H groups in total. The number of carbonyl (C=O) groups excluding carboxylic acids is 1. The average Bonchev–Trinajstić information content (AvgIpc) is 2.99. The first kappa shape index (κ1) is 31.6. The van der Waals surface area contributed by atoms with Crippen molar-refractivity contribution in [3.63, 3.8) is 0 Å². The molecule has 9 heteroatoms. The van der Waals surface area contributed by atoms with Crippen LogP contribution in [0.25, 0.3) is 34.0 Å². The lowest BCUT2D eigenvalue weighted by Crippen LogP contribution is -2.37. The molecular weight excluding hydrogens is 590 g/mol. The zero-order valence-electron chi connectivity index (χ0n) is 25.2. The fraction of sp³-hybridized carbons (Fsp3) is 0.194. The van der Waals surface area contributed by atoms with E-state index >= 15 is 0 Å². The van der Waals surface area contributed by atoms with Crippen LogP contribution in [0.2, 0.25) is 0 Å². The predicted molar refractivity (Wildman–Crippen MR) is 173 cm³/mol. The number of carboxylic acid groups (broad SMARTS) is 1. The number of para-hydroxylation sites is 1. The zero-order chi connectivity index (χ0) is 32.3. The van der Waals surface area contributed by atoms with Gasteiger partial charge in [0.15, 0.2) is 0 Å². The van der Waals surface area contributed by atoms with E-state index in [2.05, 4.69) is 0 Å². The van der Waals surface area contributed by atoms with Gasteiger partial charge in [-0.05, 0) is 73.7 Å². The standard InChI is InChI=1S/C36H33NO7S/c1-23-10-12-26(13-11-23)14-15-27-16-17-30-32(22-27)37(18-6-7-19-45(41,42)43)31-9-5-4-8-29(31)33(30)36(40)44-34-24(2)20-28(35(38)39)21-25(34)3/h4-5,8-17,20-22H,6-7,18-19H2,1-3H3,(H-,38,39,41,42,43)/b15-14+. The summed E-state index contributed by atoms with van der Waals surface area (Å²) >= 11 is 0. The highest BCUT2D eigenvalue weighted by atomic mass is 32.2. The Labute approximate surface area is 262 Å². The first-order valence-electron chi connectivity index (χ1n) is 14.5. The number of aryl methyl sites for hydroxylation is 4. The highest BCUT2D eigenvalue weighted by Crippen LogP contribution is 2.31. The summed E-state index contributed by atoms with van der Waals surface area (Å²) in [7, 11) is -4.33. The lowest BCUT2D eigenvalue weighted by Gasteiger charge is -2.15. The van der Waals surface area contributed by atoms with Crippen LogP contribution in [0, 0.1) is 20.8 Å². The summed E-state index contributed by atoms with van der Waals surface area (Å²) < 4.78 is 41.7. The predicted octanol–water partition coefficient (Wildman–Crippen LogP) is 6.62. The number of pyridine rings is 1. The number of carboxylic acids is 1. The number of hydrogen-bond acceptors (Lipinski definition) is 6. The molecule has 8 nitrogen and oxygen atoms in total. The first-order valence-corrected chi connectivity index (χ1v) is 16.1. The second-order valence-electron chi connectivity index (χ2n) is 11.2. The molecule has 0 aliphatic rings. The maximum absolute atomic E-state index is 14.0. The fourth-order valence-electron chi connectivity index (χ4n) is 5.54. The van der Waals surface area contributed by atoms with Gasteiger partial charge in [0.2, 0.25) is 11.0 Å². The molecule has 0 atom stereocenters. The number of unbranched alkanes of at least 4 members (excludes halogenated alkanes) is 1. The smallest absolute Gasteiger partial charge is 0.345 e. The van der Waals surface area contributed by atoms with Crippen LogP contribution in [-0.2, 0) is 16.7 Å². The number of hydrogen-bond donors (Lipinski definition) is 1. The third kappa shape index (κ3) is 7.28. The minimum atomic E-state index is -4.33. The lowest BCUT2D eigenvalue weighted by molar-refractivity contribution is -0.645. The van der Waals surface area contributed by atoms with Crippen LogP contribution in [0.4, 0.5) is 0 Å². The van der Waals surface area contributed by atoms with Gasteiger partial charge in [0.25, 0.3) is 0 Å². The molecule has 0 aliphatic heterocycles. The number of carbonyl (C=O) groups is 2. The fourth-order valence-corrected chi connectivity index (χ4v) is 6.10. The van der Waals surface area contributed by atoms with E-state index in [0.717, 1.165) is 27.7 Å². The minimum absolute atomic E-state index is 0.109. The van der Waals surface area contributed by atoms with Crippen LogP contribution >= 0.6 is 0 Å². The summed E-state index contributed by atoms with van der Waals surface area (Å²) in [5.74, 6) is -1.80.